The average molecular weight is 141 g/mol. The van der Waals surface area contributed by atoms with Gasteiger partial charge in [0, 0.05) is 12.4 Å². The third-order valence-electron chi connectivity index (χ3n) is 0.904. The van der Waals surface area contributed by atoms with E-state index in [4.69, 9.17) is 0 Å². The summed E-state index contributed by atoms with van der Waals surface area (Å²) in [5.74, 6) is 0. The van der Waals surface area contributed by atoms with E-state index in [0.717, 1.165) is 0 Å². The van der Waals surface area contributed by atoms with Crippen LogP contribution in [-0.2, 0) is 6.67 Å². The molecule has 0 amide bonds. The highest BCUT2D eigenvalue weighted by atomic mass is 19.1. The SMILES string of the molecule is CC.FCc1ccncc1. The number of aromatic nitrogens is 1. The quantitative estimate of drug-likeness (QED) is 0.585. The van der Waals surface area contributed by atoms with Gasteiger partial charge in [-0.1, -0.05) is 13.8 Å². The zero-order valence-corrected chi connectivity index (χ0v) is 6.34. The van der Waals surface area contributed by atoms with Gasteiger partial charge in [-0.2, -0.15) is 0 Å². The first-order chi connectivity index (χ1) is 4.93. The van der Waals surface area contributed by atoms with E-state index in [1.54, 1.807) is 24.5 Å². The summed E-state index contributed by atoms with van der Waals surface area (Å²) in [6.45, 7) is 3.60. The molecule has 1 aromatic rings. The maximum atomic E-state index is 11.7. The van der Waals surface area contributed by atoms with Gasteiger partial charge >= 0.3 is 0 Å². The van der Waals surface area contributed by atoms with Gasteiger partial charge in [0.1, 0.15) is 6.67 Å². The number of hydrogen-bond donors (Lipinski definition) is 0. The van der Waals surface area contributed by atoms with Crippen molar-refractivity contribution in [3.8, 4) is 0 Å². The zero-order chi connectivity index (χ0) is 7.82. The van der Waals surface area contributed by atoms with Gasteiger partial charge in [0.2, 0.25) is 0 Å². The summed E-state index contributed by atoms with van der Waals surface area (Å²) >= 11 is 0. The molecule has 0 aliphatic rings. The molecule has 1 aromatic heterocycles. The Kier molecular flexibility index (Phi) is 5.63. The fourth-order valence-corrected chi connectivity index (χ4v) is 0.472. The Morgan fingerprint density at radius 3 is 2.10 bits per heavy atom. The van der Waals surface area contributed by atoms with Crippen LogP contribution in [0.5, 0.6) is 0 Å². The molecule has 0 saturated heterocycles. The minimum Gasteiger partial charge on any atom is -0.265 e. The summed E-state index contributed by atoms with van der Waals surface area (Å²) in [6.07, 6.45) is 3.16. The van der Waals surface area contributed by atoms with E-state index < -0.39 is 6.67 Å². The predicted molar refractivity (Wildman–Crippen MR) is 40.4 cm³/mol. The number of alkyl halides is 1. The first-order valence-electron chi connectivity index (χ1n) is 3.38. The van der Waals surface area contributed by atoms with Crippen LogP contribution in [-0.4, -0.2) is 4.98 Å². The molecule has 0 N–H and O–H groups in total. The second-order valence-corrected chi connectivity index (χ2v) is 1.49. The molecule has 0 aliphatic carbocycles. The second-order valence-electron chi connectivity index (χ2n) is 1.49. The molecule has 0 aromatic carbocycles. The minimum atomic E-state index is -0.400. The van der Waals surface area contributed by atoms with Gasteiger partial charge in [0.05, 0.1) is 0 Å². The largest absolute Gasteiger partial charge is 0.265 e. The van der Waals surface area contributed by atoms with E-state index >= 15 is 0 Å². The van der Waals surface area contributed by atoms with Crippen molar-refractivity contribution in [2.75, 3.05) is 0 Å². The molecule has 1 nitrogen and oxygen atoms in total. The summed E-state index contributed by atoms with van der Waals surface area (Å²) in [6, 6.07) is 3.31. The lowest BCUT2D eigenvalue weighted by Gasteiger charge is -1.86. The number of nitrogens with zero attached hydrogens (tertiary/aromatic N) is 1. The molecule has 0 radical (unpaired) electrons. The molecule has 56 valence electrons. The summed E-state index contributed by atoms with van der Waals surface area (Å²) in [4.78, 5) is 3.73. The van der Waals surface area contributed by atoms with Crippen LogP contribution >= 0.6 is 0 Å². The number of hydrogen-bond acceptors (Lipinski definition) is 1. The van der Waals surface area contributed by atoms with Crippen molar-refractivity contribution in [1.29, 1.82) is 0 Å². The van der Waals surface area contributed by atoms with Crippen LogP contribution in [0.25, 0.3) is 0 Å². The molecule has 0 aliphatic heterocycles. The molecular weight excluding hydrogens is 129 g/mol. The molecular formula is C8H12FN. The molecule has 10 heavy (non-hydrogen) atoms. The van der Waals surface area contributed by atoms with E-state index in [0.29, 0.717) is 5.56 Å². The maximum Gasteiger partial charge on any atom is 0.115 e. The molecule has 2 heteroatoms. The van der Waals surface area contributed by atoms with E-state index in [1.165, 1.54) is 0 Å². The average Bonchev–Trinajstić information content (AvgIpc) is 2.10. The van der Waals surface area contributed by atoms with Crippen molar-refractivity contribution in [3.05, 3.63) is 30.1 Å². The standard InChI is InChI=1S/C6H6FN.C2H6/c7-5-6-1-3-8-4-2-6;1-2/h1-4H,5H2;1-2H3. The first-order valence-corrected chi connectivity index (χ1v) is 3.38. The third kappa shape index (κ3) is 3.17. The van der Waals surface area contributed by atoms with E-state index in [-0.39, 0.29) is 0 Å². The van der Waals surface area contributed by atoms with Gasteiger partial charge in [-0.25, -0.2) is 4.39 Å². The van der Waals surface area contributed by atoms with Gasteiger partial charge in [0.25, 0.3) is 0 Å². The van der Waals surface area contributed by atoms with Gasteiger partial charge in [0.15, 0.2) is 0 Å². The normalized spacial score (nSPS) is 7.90. The van der Waals surface area contributed by atoms with Crippen LogP contribution in [0.4, 0.5) is 4.39 Å². The Morgan fingerprint density at radius 2 is 1.80 bits per heavy atom. The lowest BCUT2D eigenvalue weighted by molar-refractivity contribution is 0.485. The maximum absolute atomic E-state index is 11.7. The van der Waals surface area contributed by atoms with Gasteiger partial charge in [-0.3, -0.25) is 4.98 Å². The molecule has 0 fully saturated rings. The van der Waals surface area contributed by atoms with Crippen molar-refractivity contribution in [3.63, 3.8) is 0 Å². The third-order valence-corrected chi connectivity index (χ3v) is 0.904. The molecule has 0 spiro atoms. The Bertz CT molecular complexity index is 151. The van der Waals surface area contributed by atoms with Crippen LogP contribution < -0.4 is 0 Å². The zero-order valence-electron chi connectivity index (χ0n) is 6.34. The van der Waals surface area contributed by atoms with Gasteiger partial charge in [-0.05, 0) is 17.7 Å². The minimum absolute atomic E-state index is 0.400. The fraction of sp³-hybridized carbons (Fsp3) is 0.375. The fourth-order valence-electron chi connectivity index (χ4n) is 0.472. The molecule has 0 bridgehead atoms. The number of halogens is 1. The summed E-state index contributed by atoms with van der Waals surface area (Å²) in [5.41, 5.74) is 0.681. The van der Waals surface area contributed by atoms with Crippen LogP contribution in [0.3, 0.4) is 0 Å². The summed E-state index contributed by atoms with van der Waals surface area (Å²) < 4.78 is 11.7. The lowest BCUT2D eigenvalue weighted by atomic mass is 10.3. The van der Waals surface area contributed by atoms with Gasteiger partial charge in [-0.15, -0.1) is 0 Å². The Morgan fingerprint density at radius 1 is 1.30 bits per heavy atom. The summed E-state index contributed by atoms with van der Waals surface area (Å²) in [5, 5.41) is 0. The molecule has 0 unspecified atom stereocenters. The second kappa shape index (κ2) is 6.20. The van der Waals surface area contributed by atoms with Crippen molar-refractivity contribution >= 4 is 0 Å². The Labute approximate surface area is 60.9 Å². The van der Waals surface area contributed by atoms with Crippen LogP contribution in [0.2, 0.25) is 0 Å². The van der Waals surface area contributed by atoms with Crippen molar-refractivity contribution < 1.29 is 4.39 Å². The monoisotopic (exact) mass is 141 g/mol. The van der Waals surface area contributed by atoms with E-state index in [2.05, 4.69) is 4.98 Å². The first kappa shape index (κ1) is 9.08. The van der Waals surface area contributed by atoms with Crippen LogP contribution in [0.1, 0.15) is 19.4 Å². The Balaban J connectivity index is 0.000000371. The van der Waals surface area contributed by atoms with Crippen molar-refractivity contribution in [2.24, 2.45) is 0 Å². The predicted octanol–water partition coefficient (Wildman–Crippen LogP) is 2.58. The molecule has 0 atom stereocenters. The van der Waals surface area contributed by atoms with E-state index in [1.807, 2.05) is 13.8 Å². The van der Waals surface area contributed by atoms with Crippen LogP contribution in [0.15, 0.2) is 24.5 Å². The summed E-state index contributed by atoms with van der Waals surface area (Å²) in [7, 11) is 0. The Hall–Kier alpha value is -0.920. The number of pyridine rings is 1. The van der Waals surface area contributed by atoms with Crippen LogP contribution in [0, 0.1) is 0 Å². The van der Waals surface area contributed by atoms with Gasteiger partial charge < -0.3 is 0 Å². The molecule has 1 rings (SSSR count). The molecule has 1 heterocycles. The molecule has 0 saturated carbocycles. The highest BCUT2D eigenvalue weighted by Crippen LogP contribution is 1.96. The van der Waals surface area contributed by atoms with Crippen molar-refractivity contribution in [2.45, 2.75) is 20.5 Å². The lowest BCUT2D eigenvalue weighted by Crippen LogP contribution is -1.75. The smallest absolute Gasteiger partial charge is 0.115 e. The number of rotatable bonds is 1. The van der Waals surface area contributed by atoms with E-state index in [9.17, 15) is 4.39 Å². The highest BCUT2D eigenvalue weighted by Gasteiger charge is 1.83. The topological polar surface area (TPSA) is 12.9 Å². The van der Waals surface area contributed by atoms with Crippen molar-refractivity contribution in [1.82, 2.24) is 4.98 Å². The highest BCUT2D eigenvalue weighted by molar-refractivity contribution is 5.07.